The summed E-state index contributed by atoms with van der Waals surface area (Å²) < 4.78 is 0. The molecule has 0 aliphatic heterocycles. The van der Waals surface area contributed by atoms with Crippen molar-refractivity contribution in [1.29, 1.82) is 0 Å². The topological polar surface area (TPSA) is 42.9 Å². The van der Waals surface area contributed by atoms with Crippen molar-refractivity contribution in [1.82, 2.24) is 9.97 Å². The van der Waals surface area contributed by atoms with Crippen LogP contribution in [-0.4, -0.2) is 16.3 Å². The first-order valence-corrected chi connectivity index (χ1v) is 4.88. The van der Waals surface area contributed by atoms with Gasteiger partial charge in [0.2, 0.25) is 0 Å². The lowest BCUT2D eigenvalue weighted by Gasteiger charge is -1.94. The van der Waals surface area contributed by atoms with Gasteiger partial charge in [0, 0.05) is 11.8 Å². The Kier molecular flexibility index (Phi) is 3.18. The molecule has 2 aromatic rings. The summed E-state index contributed by atoms with van der Waals surface area (Å²) in [5.41, 5.74) is 2.57. The van der Waals surface area contributed by atoms with E-state index in [1.54, 1.807) is 18.3 Å². The minimum atomic E-state index is 0.680. The first-order valence-electron chi connectivity index (χ1n) is 4.88. The molecular weight excluding hydrogens is 200 g/mol. The molecule has 0 amide bonds. The van der Waals surface area contributed by atoms with Crippen LogP contribution in [0.5, 0.6) is 0 Å². The average molecular weight is 210 g/mol. The summed E-state index contributed by atoms with van der Waals surface area (Å²) in [5, 5.41) is 0. The van der Waals surface area contributed by atoms with E-state index < -0.39 is 0 Å². The third-order valence-electron chi connectivity index (χ3n) is 2.12. The number of aromatic nitrogens is 2. The summed E-state index contributed by atoms with van der Waals surface area (Å²) >= 11 is 0. The predicted molar refractivity (Wildman–Crippen MR) is 62.8 cm³/mol. The molecule has 1 aromatic heterocycles. The van der Waals surface area contributed by atoms with Crippen molar-refractivity contribution in [2.75, 3.05) is 0 Å². The van der Waals surface area contributed by atoms with Gasteiger partial charge in [-0.25, -0.2) is 9.97 Å². The summed E-state index contributed by atoms with van der Waals surface area (Å²) in [6.45, 7) is 0. The molecule has 0 atom stereocenters. The van der Waals surface area contributed by atoms with E-state index in [4.69, 9.17) is 0 Å². The van der Waals surface area contributed by atoms with Gasteiger partial charge in [-0.2, -0.15) is 0 Å². The Labute approximate surface area is 93.5 Å². The molecule has 78 valence electrons. The molecule has 0 unspecified atom stereocenters. The van der Waals surface area contributed by atoms with Crippen molar-refractivity contribution in [3.63, 3.8) is 0 Å². The number of hydrogen-bond donors (Lipinski definition) is 0. The number of nitrogens with zero attached hydrogens (tertiary/aromatic N) is 2. The van der Waals surface area contributed by atoms with Gasteiger partial charge in [-0.15, -0.1) is 0 Å². The van der Waals surface area contributed by atoms with E-state index in [2.05, 4.69) is 9.97 Å². The fraction of sp³-hybridized carbons (Fsp3) is 0. The van der Waals surface area contributed by atoms with E-state index >= 15 is 0 Å². The molecule has 1 heterocycles. The third kappa shape index (κ3) is 2.60. The van der Waals surface area contributed by atoms with Crippen molar-refractivity contribution in [2.45, 2.75) is 0 Å². The molecule has 0 saturated carbocycles. The van der Waals surface area contributed by atoms with Gasteiger partial charge in [-0.1, -0.05) is 30.3 Å². The summed E-state index contributed by atoms with van der Waals surface area (Å²) in [6, 6.07) is 9.18. The molecule has 0 radical (unpaired) electrons. The molecule has 0 aliphatic rings. The van der Waals surface area contributed by atoms with Gasteiger partial charge in [0.15, 0.2) is 0 Å². The van der Waals surface area contributed by atoms with Crippen LogP contribution in [-0.2, 0) is 0 Å². The largest absolute Gasteiger partial charge is 0.298 e. The van der Waals surface area contributed by atoms with Crippen molar-refractivity contribution < 1.29 is 4.79 Å². The zero-order chi connectivity index (χ0) is 11.2. The summed E-state index contributed by atoms with van der Waals surface area (Å²) in [5.74, 6) is 0. The number of carbonyl (C=O) groups excluding carboxylic acids is 1. The number of rotatable bonds is 3. The van der Waals surface area contributed by atoms with Gasteiger partial charge >= 0.3 is 0 Å². The fourth-order valence-corrected chi connectivity index (χ4v) is 1.27. The first-order chi connectivity index (χ1) is 7.88. The standard InChI is InChI=1S/C13H10N2O/c16-9-12-3-1-11(2-4-12)5-6-13-7-8-14-10-15-13/h1-10H/b6-5+. The predicted octanol–water partition coefficient (Wildman–Crippen LogP) is 2.46. The van der Waals surface area contributed by atoms with Crippen molar-refractivity contribution in [3.05, 3.63) is 59.7 Å². The van der Waals surface area contributed by atoms with Crippen LogP contribution in [0.3, 0.4) is 0 Å². The van der Waals surface area contributed by atoms with Crippen molar-refractivity contribution in [3.8, 4) is 0 Å². The van der Waals surface area contributed by atoms with Crippen molar-refractivity contribution in [2.24, 2.45) is 0 Å². The highest BCUT2D eigenvalue weighted by atomic mass is 16.1. The maximum Gasteiger partial charge on any atom is 0.150 e. The molecule has 0 aliphatic carbocycles. The van der Waals surface area contributed by atoms with Gasteiger partial charge in [0.05, 0.1) is 5.69 Å². The minimum absolute atomic E-state index is 0.680. The number of benzene rings is 1. The Morgan fingerprint density at radius 2 is 1.69 bits per heavy atom. The Balaban J connectivity index is 2.14. The second kappa shape index (κ2) is 4.98. The van der Waals surface area contributed by atoms with E-state index in [1.807, 2.05) is 30.4 Å². The van der Waals surface area contributed by atoms with E-state index in [1.165, 1.54) is 6.33 Å². The van der Waals surface area contributed by atoms with E-state index in [9.17, 15) is 4.79 Å². The van der Waals surface area contributed by atoms with Gasteiger partial charge in [0.1, 0.15) is 12.6 Å². The van der Waals surface area contributed by atoms with Gasteiger partial charge in [-0.3, -0.25) is 4.79 Å². The van der Waals surface area contributed by atoms with Crippen molar-refractivity contribution >= 4 is 18.4 Å². The molecule has 0 bridgehead atoms. The first kappa shape index (κ1) is 10.2. The third-order valence-corrected chi connectivity index (χ3v) is 2.12. The van der Waals surface area contributed by atoms with Crippen LogP contribution in [0.2, 0.25) is 0 Å². The molecule has 16 heavy (non-hydrogen) atoms. The van der Waals surface area contributed by atoms with E-state index in [0.29, 0.717) is 5.56 Å². The number of hydrogen-bond acceptors (Lipinski definition) is 3. The average Bonchev–Trinajstić information content (AvgIpc) is 2.38. The highest BCUT2D eigenvalue weighted by Gasteiger charge is 1.90. The Morgan fingerprint density at radius 1 is 0.938 bits per heavy atom. The van der Waals surface area contributed by atoms with Crippen LogP contribution in [0, 0.1) is 0 Å². The normalized spacial score (nSPS) is 10.5. The van der Waals surface area contributed by atoms with E-state index in [-0.39, 0.29) is 0 Å². The molecule has 2 rings (SSSR count). The molecule has 3 nitrogen and oxygen atoms in total. The number of aldehydes is 1. The maximum atomic E-state index is 10.5. The van der Waals surface area contributed by atoms with Gasteiger partial charge in [-0.05, 0) is 17.7 Å². The Hall–Kier alpha value is -2.29. The van der Waals surface area contributed by atoms with Gasteiger partial charge < -0.3 is 0 Å². The highest BCUT2D eigenvalue weighted by Crippen LogP contribution is 2.07. The molecule has 0 spiro atoms. The zero-order valence-corrected chi connectivity index (χ0v) is 8.58. The SMILES string of the molecule is O=Cc1ccc(/C=C/c2ccncn2)cc1. The molecule has 0 N–H and O–H groups in total. The van der Waals surface area contributed by atoms with Crippen LogP contribution in [0.4, 0.5) is 0 Å². The molecule has 3 heteroatoms. The lowest BCUT2D eigenvalue weighted by molar-refractivity contribution is 0.112. The van der Waals surface area contributed by atoms with Gasteiger partial charge in [0.25, 0.3) is 0 Å². The second-order valence-corrected chi connectivity index (χ2v) is 3.25. The maximum absolute atomic E-state index is 10.5. The van der Waals surface area contributed by atoms with E-state index in [0.717, 1.165) is 17.5 Å². The van der Waals surface area contributed by atoms with Crippen LogP contribution in [0.1, 0.15) is 21.6 Å². The Morgan fingerprint density at radius 3 is 2.31 bits per heavy atom. The highest BCUT2D eigenvalue weighted by molar-refractivity contribution is 5.76. The lowest BCUT2D eigenvalue weighted by atomic mass is 10.1. The smallest absolute Gasteiger partial charge is 0.150 e. The molecule has 1 aromatic carbocycles. The monoisotopic (exact) mass is 210 g/mol. The summed E-state index contributed by atoms with van der Waals surface area (Å²) in [6.07, 6.45) is 7.88. The lowest BCUT2D eigenvalue weighted by Crippen LogP contribution is -1.81. The van der Waals surface area contributed by atoms with Crippen LogP contribution in [0.15, 0.2) is 42.9 Å². The minimum Gasteiger partial charge on any atom is -0.298 e. The van der Waals surface area contributed by atoms with Crippen LogP contribution < -0.4 is 0 Å². The summed E-state index contributed by atoms with van der Waals surface area (Å²) in [4.78, 5) is 18.4. The zero-order valence-electron chi connectivity index (χ0n) is 8.58. The molecule has 0 fully saturated rings. The summed E-state index contributed by atoms with van der Waals surface area (Å²) in [7, 11) is 0. The van der Waals surface area contributed by atoms with Crippen LogP contribution >= 0.6 is 0 Å². The van der Waals surface area contributed by atoms with Crippen LogP contribution in [0.25, 0.3) is 12.2 Å². The number of carbonyl (C=O) groups is 1. The second-order valence-electron chi connectivity index (χ2n) is 3.25. The fourth-order valence-electron chi connectivity index (χ4n) is 1.27. The quantitative estimate of drug-likeness (QED) is 0.731. The molecular formula is C13H10N2O. The molecule has 0 saturated heterocycles. The Bertz CT molecular complexity index is 489.